The van der Waals surface area contributed by atoms with E-state index in [4.69, 9.17) is 19.3 Å². The Kier molecular flexibility index (Phi) is 9.64. The zero-order valence-corrected chi connectivity index (χ0v) is 22.4. The van der Waals surface area contributed by atoms with E-state index in [9.17, 15) is 59.7 Å². The molecule has 5 atom stereocenters. The number of aromatic nitrogens is 3. The van der Waals surface area contributed by atoms with E-state index in [2.05, 4.69) is 19.7 Å². The van der Waals surface area contributed by atoms with Crippen molar-refractivity contribution in [3.8, 4) is 17.5 Å². The van der Waals surface area contributed by atoms with Crippen LogP contribution in [-0.4, -0.2) is 101 Å². The molecular formula is C20H19F6N5O12S. The van der Waals surface area contributed by atoms with E-state index in [1.165, 1.54) is 5.32 Å². The molecule has 1 aliphatic rings. The Bertz CT molecular complexity index is 1530. The Morgan fingerprint density at radius 1 is 0.909 bits per heavy atom. The van der Waals surface area contributed by atoms with Gasteiger partial charge in [-0.05, 0) is 6.07 Å². The van der Waals surface area contributed by atoms with Crippen LogP contribution in [0, 0.1) is 0 Å². The first-order chi connectivity index (χ1) is 20.2. The summed E-state index contributed by atoms with van der Waals surface area (Å²) in [7, 11) is -3.89. The number of methoxy groups -OCH3 is 2. The molecule has 17 nitrogen and oxygen atoms in total. The van der Waals surface area contributed by atoms with Gasteiger partial charge in [-0.15, -0.1) is 0 Å². The Morgan fingerprint density at radius 2 is 1.55 bits per heavy atom. The number of nitrogens with zero attached hydrogens (tertiary/aromatic N) is 3. The van der Waals surface area contributed by atoms with Crippen LogP contribution in [0.3, 0.4) is 0 Å². The lowest BCUT2D eigenvalue weighted by atomic mass is 9.99. The zero-order chi connectivity index (χ0) is 33.4. The quantitative estimate of drug-likeness (QED) is 0.198. The molecule has 2 heterocycles. The topological polar surface area (TPSA) is 249 Å². The second kappa shape index (κ2) is 12.4. The van der Waals surface area contributed by atoms with Gasteiger partial charge >= 0.3 is 30.4 Å². The second-order valence-electron chi connectivity index (χ2n) is 8.38. The maximum Gasteiger partial charge on any atom is 0.451 e. The number of carbonyl (C=O) groups is 2. The highest BCUT2D eigenvalue weighted by atomic mass is 32.2. The predicted molar refractivity (Wildman–Crippen MR) is 124 cm³/mol. The monoisotopic (exact) mass is 667 g/mol. The molecule has 1 saturated heterocycles. The summed E-state index contributed by atoms with van der Waals surface area (Å²) in [5.41, 5.74) is -2.03. The summed E-state index contributed by atoms with van der Waals surface area (Å²) in [4.78, 5) is 30.9. The molecule has 2 aromatic rings. The summed E-state index contributed by atoms with van der Waals surface area (Å²) >= 11 is 0. The van der Waals surface area contributed by atoms with Gasteiger partial charge in [0.05, 0.1) is 19.8 Å². The van der Waals surface area contributed by atoms with Gasteiger partial charge in [-0.1, -0.05) is 0 Å². The van der Waals surface area contributed by atoms with Crippen molar-refractivity contribution in [1.82, 2.24) is 19.7 Å². The van der Waals surface area contributed by atoms with Crippen molar-refractivity contribution in [2.45, 2.75) is 48.0 Å². The van der Waals surface area contributed by atoms with E-state index in [0.717, 1.165) is 18.9 Å². The molecule has 0 saturated carbocycles. The van der Waals surface area contributed by atoms with Crippen LogP contribution in [0.4, 0.5) is 37.1 Å². The molecular weight excluding hydrogens is 648 g/mol. The fraction of sp³-hybridized carbons (Fsp3) is 0.450. The maximum absolute atomic E-state index is 14.0. The minimum Gasteiger partial charge on any atom is -0.493 e. The first-order valence-electron chi connectivity index (χ1n) is 11.3. The summed E-state index contributed by atoms with van der Waals surface area (Å²) < 4.78 is 127. The summed E-state index contributed by atoms with van der Waals surface area (Å²) in [6, 6.07) is -2.70. The van der Waals surface area contributed by atoms with Gasteiger partial charge in [0.25, 0.3) is 10.0 Å². The number of hydrogen-bond acceptors (Lipinski definition) is 14. The van der Waals surface area contributed by atoms with Crippen molar-refractivity contribution in [2.24, 2.45) is 0 Å². The number of carboxylic acids is 1. The van der Waals surface area contributed by atoms with Crippen molar-refractivity contribution >= 4 is 28.0 Å². The average Bonchev–Trinajstić information content (AvgIpc) is 2.91. The van der Waals surface area contributed by atoms with Crippen LogP contribution < -0.4 is 24.2 Å². The molecule has 1 aliphatic heterocycles. The van der Waals surface area contributed by atoms with Gasteiger partial charge in [-0.3, -0.25) is 5.32 Å². The number of hydrogen-bond donors (Lipinski definition) is 6. The Hall–Kier alpha value is -4.26. The number of anilines is 1. The van der Waals surface area contributed by atoms with Crippen molar-refractivity contribution in [3.05, 3.63) is 23.5 Å². The molecule has 24 heteroatoms. The van der Waals surface area contributed by atoms with Crippen LogP contribution in [0.5, 0.6) is 17.5 Å². The zero-order valence-electron chi connectivity index (χ0n) is 21.6. The van der Waals surface area contributed by atoms with Crippen molar-refractivity contribution in [3.63, 3.8) is 0 Å². The van der Waals surface area contributed by atoms with Gasteiger partial charge in [0.1, 0.15) is 23.2 Å². The molecule has 3 rings (SSSR count). The lowest BCUT2D eigenvalue weighted by Gasteiger charge is -2.38. The van der Waals surface area contributed by atoms with Gasteiger partial charge < -0.3 is 39.4 Å². The van der Waals surface area contributed by atoms with Crippen molar-refractivity contribution < 1.29 is 83.7 Å². The standard InChI is InChI=1S/C20H19F6N5O12S/c1-40-6-4-8(44(38,39)31-17(37)29-16-27-15(20(24,25)26)28-18(30-16)41-2)5(19(21,22)23)3-7(6)42-14-11(34)9(32)10(33)12(43-14)13(35)36/h3-4,9-12,14,32-34H,1-2H3,(H,35,36)(H2,27,28,29,30,31,37)/t9-,10-,11+,12-,14+/m0/s1. The van der Waals surface area contributed by atoms with E-state index in [0.29, 0.717) is 0 Å². The first-order valence-corrected chi connectivity index (χ1v) is 12.8. The summed E-state index contributed by atoms with van der Waals surface area (Å²) in [6.45, 7) is 0. The normalized spacial score (nSPS) is 22.6. The van der Waals surface area contributed by atoms with Crippen molar-refractivity contribution in [1.29, 1.82) is 0 Å². The summed E-state index contributed by atoms with van der Waals surface area (Å²) in [6.07, 6.45) is -21.8. The SMILES string of the molecule is COc1nc(NC(=O)NS(=O)(=O)c2cc(OC)c(O[C@@H]3O[C@H](C(=O)O)[C@@H](O)[C@H](O)[C@H]3O)cc2C(F)(F)F)nc(C(F)(F)F)n1. The number of benzene rings is 1. The summed E-state index contributed by atoms with van der Waals surface area (Å²) in [5, 5.41) is 40.4. The van der Waals surface area contributed by atoms with Gasteiger partial charge in [0.2, 0.25) is 18.1 Å². The number of aliphatic hydroxyl groups is 3. The number of alkyl halides is 6. The number of carboxylic acid groups (broad SMARTS) is 1. The van der Waals surface area contributed by atoms with E-state index in [-0.39, 0.29) is 12.1 Å². The highest BCUT2D eigenvalue weighted by Gasteiger charge is 2.49. The van der Waals surface area contributed by atoms with Crippen LogP contribution in [0.15, 0.2) is 17.0 Å². The van der Waals surface area contributed by atoms with Gasteiger partial charge in [-0.25, -0.2) is 22.7 Å². The van der Waals surface area contributed by atoms with Crippen LogP contribution in [-0.2, 0) is 31.9 Å². The number of halogens is 6. The number of aliphatic hydroxyl groups excluding tert-OH is 3. The minimum atomic E-state index is -5.55. The number of nitrogens with one attached hydrogen (secondary N) is 2. The molecule has 0 spiro atoms. The van der Waals surface area contributed by atoms with Crippen molar-refractivity contribution in [2.75, 3.05) is 19.5 Å². The highest BCUT2D eigenvalue weighted by molar-refractivity contribution is 7.90. The van der Waals surface area contributed by atoms with Gasteiger partial charge in [-0.2, -0.15) is 41.3 Å². The van der Waals surface area contributed by atoms with E-state index in [1.54, 1.807) is 0 Å². The number of aliphatic carboxylic acids is 1. The van der Waals surface area contributed by atoms with Gasteiger partial charge in [0.15, 0.2) is 17.6 Å². The molecule has 2 amide bonds. The lowest BCUT2D eigenvalue weighted by molar-refractivity contribution is -0.271. The molecule has 0 aliphatic carbocycles. The number of sulfonamides is 1. The Labute approximate surface area is 240 Å². The number of urea groups is 1. The van der Waals surface area contributed by atoms with Crippen LogP contribution in [0.2, 0.25) is 0 Å². The Morgan fingerprint density at radius 3 is 2.07 bits per heavy atom. The maximum atomic E-state index is 14.0. The van der Waals surface area contributed by atoms with Crippen LogP contribution in [0.1, 0.15) is 11.4 Å². The van der Waals surface area contributed by atoms with E-state index in [1.807, 2.05) is 0 Å². The summed E-state index contributed by atoms with van der Waals surface area (Å²) in [5.74, 6) is -6.77. The molecule has 1 fully saturated rings. The Balaban J connectivity index is 1.97. The highest BCUT2D eigenvalue weighted by Crippen LogP contribution is 2.42. The molecule has 1 aromatic carbocycles. The molecule has 244 valence electrons. The average molecular weight is 667 g/mol. The number of rotatable bonds is 8. The second-order valence-corrected chi connectivity index (χ2v) is 10.0. The fourth-order valence-corrected chi connectivity index (χ4v) is 4.58. The number of amides is 2. The third-order valence-corrected chi connectivity index (χ3v) is 6.79. The van der Waals surface area contributed by atoms with Crippen LogP contribution in [0.25, 0.3) is 0 Å². The third kappa shape index (κ3) is 7.44. The molecule has 0 radical (unpaired) electrons. The third-order valence-electron chi connectivity index (χ3n) is 5.42. The van der Waals surface area contributed by atoms with E-state index >= 15 is 0 Å². The van der Waals surface area contributed by atoms with Crippen LogP contribution >= 0.6 is 0 Å². The first kappa shape index (κ1) is 34.2. The molecule has 1 aromatic heterocycles. The largest absolute Gasteiger partial charge is 0.493 e. The smallest absolute Gasteiger partial charge is 0.451 e. The number of ether oxygens (including phenoxy) is 4. The molecule has 0 unspecified atom stereocenters. The fourth-order valence-electron chi connectivity index (χ4n) is 3.45. The number of carbonyl (C=O) groups excluding carboxylic acids is 1. The van der Waals surface area contributed by atoms with E-state index < -0.39 is 105 Å². The predicted octanol–water partition coefficient (Wildman–Crippen LogP) is -0.292. The molecule has 44 heavy (non-hydrogen) atoms. The van der Waals surface area contributed by atoms with Gasteiger partial charge in [0, 0.05) is 6.07 Å². The molecule has 0 bridgehead atoms. The lowest BCUT2D eigenvalue weighted by Crippen LogP contribution is -2.61. The minimum absolute atomic E-state index is 0.00101. The molecule has 6 N–H and O–H groups in total.